The lowest BCUT2D eigenvalue weighted by Gasteiger charge is -2.14. The molecule has 0 spiro atoms. The molecule has 0 aliphatic heterocycles. The third-order valence-corrected chi connectivity index (χ3v) is 5.49. The Bertz CT molecular complexity index is 794. The molecule has 0 unspecified atom stereocenters. The minimum absolute atomic E-state index is 0.218. The van der Waals surface area contributed by atoms with Gasteiger partial charge in [0.25, 0.3) is 0 Å². The number of halogens is 2. The summed E-state index contributed by atoms with van der Waals surface area (Å²) in [7, 11) is -4.22. The second kappa shape index (κ2) is 8.23. The van der Waals surface area contributed by atoms with Crippen LogP contribution in [0.4, 0.5) is 0 Å². The monoisotopic (exact) mass is 492 g/mol. The van der Waals surface area contributed by atoms with Crippen LogP contribution in [0.5, 0.6) is 11.5 Å². The van der Waals surface area contributed by atoms with Crippen LogP contribution in [-0.4, -0.2) is 21.2 Å². The van der Waals surface area contributed by atoms with E-state index in [4.69, 9.17) is 14.5 Å². The van der Waals surface area contributed by atoms with Crippen LogP contribution < -0.4 is 4.74 Å². The van der Waals surface area contributed by atoms with Gasteiger partial charge in [0.15, 0.2) is 6.35 Å². The van der Waals surface area contributed by atoms with E-state index in [2.05, 4.69) is 31.9 Å². The molecule has 136 valence electrons. The number of rotatable bonds is 6. The number of hydrogen-bond acceptors (Lipinski definition) is 3. The normalized spacial score (nSPS) is 11.8. The highest BCUT2D eigenvalue weighted by Gasteiger charge is 2.16. The average molecular weight is 494 g/mol. The maximum Gasteiger partial charge on any atom is 0.362 e. The Labute approximate surface area is 163 Å². The van der Waals surface area contributed by atoms with Gasteiger partial charge in [-0.3, -0.25) is 4.57 Å². The molecule has 2 rings (SSSR count). The summed E-state index contributed by atoms with van der Waals surface area (Å²) in [5, 5.41) is 9.94. The highest BCUT2D eigenvalue weighted by Crippen LogP contribution is 2.38. The minimum atomic E-state index is -4.22. The molecule has 2 aromatic rings. The molecule has 25 heavy (non-hydrogen) atoms. The van der Waals surface area contributed by atoms with Crippen molar-refractivity contribution in [3.63, 3.8) is 0 Å². The summed E-state index contributed by atoms with van der Waals surface area (Å²) >= 11 is 6.97. The van der Waals surface area contributed by atoms with E-state index in [1.165, 1.54) is 0 Å². The van der Waals surface area contributed by atoms with E-state index in [0.717, 1.165) is 25.6 Å². The summed E-state index contributed by atoms with van der Waals surface area (Å²) in [6.45, 7) is 4.05. The van der Waals surface area contributed by atoms with Gasteiger partial charge < -0.3 is 19.6 Å². The Hall–Kier alpha value is -0.850. The Kier molecular flexibility index (Phi) is 6.74. The molecular weight excluding hydrogens is 475 g/mol. The number of aromatic hydroxyl groups is 1. The highest BCUT2D eigenvalue weighted by molar-refractivity contribution is 9.11. The second-order valence-electron chi connectivity index (χ2n) is 6.03. The van der Waals surface area contributed by atoms with Gasteiger partial charge in [-0.15, -0.1) is 0 Å². The summed E-state index contributed by atoms with van der Waals surface area (Å²) in [4.78, 5) is 17.8. The Balaban J connectivity index is 2.26. The van der Waals surface area contributed by atoms with Gasteiger partial charge >= 0.3 is 7.60 Å². The third-order valence-electron chi connectivity index (χ3n) is 3.61. The number of hydrogen-bond donors (Lipinski definition) is 3. The fraction of sp³-hybridized carbons (Fsp3) is 0.294. The maximum absolute atomic E-state index is 10.9. The lowest BCUT2D eigenvalue weighted by atomic mass is 9.96. The van der Waals surface area contributed by atoms with Crippen molar-refractivity contribution in [3.05, 3.63) is 56.0 Å². The van der Waals surface area contributed by atoms with Gasteiger partial charge in [-0.2, -0.15) is 0 Å². The molecule has 0 saturated heterocycles. The topological polar surface area (TPSA) is 87.0 Å². The number of phenolic OH excluding ortho intramolecular Hbond substituents is 1. The lowest BCUT2D eigenvalue weighted by Crippen LogP contribution is -2.00. The van der Waals surface area contributed by atoms with E-state index in [9.17, 15) is 9.67 Å². The van der Waals surface area contributed by atoms with E-state index >= 15 is 0 Å². The Morgan fingerprint density at radius 1 is 1.12 bits per heavy atom. The lowest BCUT2D eigenvalue weighted by molar-refractivity contribution is 0.300. The average Bonchev–Trinajstić information content (AvgIpc) is 2.49. The van der Waals surface area contributed by atoms with Crippen molar-refractivity contribution >= 4 is 39.5 Å². The van der Waals surface area contributed by atoms with Gasteiger partial charge in [-0.05, 0) is 47.2 Å². The third kappa shape index (κ3) is 5.83. The van der Waals surface area contributed by atoms with Crippen LogP contribution in [0, 0.1) is 0 Å². The molecule has 0 aromatic heterocycles. The number of phenols is 1. The molecule has 5 nitrogen and oxygen atoms in total. The summed E-state index contributed by atoms with van der Waals surface area (Å²) < 4.78 is 17.6. The second-order valence-corrected chi connectivity index (χ2v) is 9.32. The van der Waals surface area contributed by atoms with Crippen molar-refractivity contribution in [1.82, 2.24) is 0 Å². The van der Waals surface area contributed by atoms with Crippen LogP contribution in [0.3, 0.4) is 0 Å². The molecule has 0 amide bonds. The van der Waals surface area contributed by atoms with Crippen molar-refractivity contribution in [2.75, 3.05) is 6.35 Å². The molecule has 3 N–H and O–H groups in total. The van der Waals surface area contributed by atoms with Gasteiger partial charge in [0, 0.05) is 8.95 Å². The Morgan fingerprint density at radius 3 is 2.24 bits per heavy atom. The van der Waals surface area contributed by atoms with Crippen LogP contribution in [0.1, 0.15) is 36.5 Å². The summed E-state index contributed by atoms with van der Waals surface area (Å²) in [5.74, 6) is 0.868. The molecule has 8 heteroatoms. The first-order valence-electron chi connectivity index (χ1n) is 7.54. The molecule has 0 heterocycles. The van der Waals surface area contributed by atoms with Crippen molar-refractivity contribution in [3.8, 4) is 11.5 Å². The fourth-order valence-electron chi connectivity index (χ4n) is 2.37. The molecule has 0 saturated carbocycles. The summed E-state index contributed by atoms with van der Waals surface area (Å²) in [6, 6.07) is 8.92. The van der Waals surface area contributed by atoms with Crippen LogP contribution in [-0.2, 0) is 11.0 Å². The molecule has 2 aromatic carbocycles. The van der Waals surface area contributed by atoms with E-state index in [-0.39, 0.29) is 11.7 Å². The van der Waals surface area contributed by atoms with Crippen molar-refractivity contribution in [2.45, 2.75) is 26.2 Å². The smallest absolute Gasteiger partial charge is 0.362 e. The predicted octanol–water partition coefficient (Wildman–Crippen LogP) is 5.15. The molecule has 0 aliphatic rings. The van der Waals surface area contributed by atoms with Crippen LogP contribution >= 0.6 is 39.5 Å². The largest absolute Gasteiger partial charge is 0.508 e. The minimum Gasteiger partial charge on any atom is -0.508 e. The van der Waals surface area contributed by atoms with Gasteiger partial charge in [0.05, 0.1) is 0 Å². The first-order chi connectivity index (χ1) is 11.6. The number of ether oxygens (including phenoxy) is 1. The van der Waals surface area contributed by atoms with Gasteiger partial charge in [0.1, 0.15) is 11.5 Å². The molecule has 0 atom stereocenters. The highest BCUT2D eigenvalue weighted by atomic mass is 79.9. The van der Waals surface area contributed by atoms with Gasteiger partial charge in [0.2, 0.25) is 0 Å². The van der Waals surface area contributed by atoms with Crippen molar-refractivity contribution in [2.24, 2.45) is 0 Å². The SMILES string of the molecule is CC(C)c1cc(Cc2c(Br)cc(OCP(=O)(O)O)cc2Br)ccc1O. The van der Waals surface area contributed by atoms with E-state index < -0.39 is 13.9 Å². The molecule has 0 fully saturated rings. The standard InChI is InChI=1S/C17H19Br2O5P/c1-10(2)13-5-11(3-4-17(13)20)6-14-15(18)7-12(8-16(14)19)24-9-25(21,22)23/h3-5,7-8,10,20H,6,9H2,1-2H3,(H2,21,22,23). The van der Waals surface area contributed by atoms with Crippen LogP contribution in [0.25, 0.3) is 0 Å². The van der Waals surface area contributed by atoms with E-state index in [1.54, 1.807) is 18.2 Å². The van der Waals surface area contributed by atoms with Crippen LogP contribution in [0.2, 0.25) is 0 Å². The van der Waals surface area contributed by atoms with Crippen molar-refractivity contribution < 1.29 is 24.2 Å². The first-order valence-corrected chi connectivity index (χ1v) is 10.9. The maximum atomic E-state index is 10.9. The Morgan fingerprint density at radius 2 is 1.72 bits per heavy atom. The molecule has 0 radical (unpaired) electrons. The van der Waals surface area contributed by atoms with Gasteiger partial charge in [-0.1, -0.05) is 57.8 Å². The molecular formula is C17H19Br2O5P. The zero-order valence-electron chi connectivity index (χ0n) is 13.7. The summed E-state index contributed by atoms with van der Waals surface area (Å²) in [6.07, 6.45) is -0.0408. The quantitative estimate of drug-likeness (QED) is 0.484. The number of benzene rings is 2. The molecule has 0 bridgehead atoms. The zero-order valence-corrected chi connectivity index (χ0v) is 17.8. The summed E-state index contributed by atoms with van der Waals surface area (Å²) in [5.41, 5.74) is 2.92. The zero-order chi connectivity index (χ0) is 18.8. The van der Waals surface area contributed by atoms with E-state index in [0.29, 0.717) is 12.2 Å². The van der Waals surface area contributed by atoms with Crippen molar-refractivity contribution in [1.29, 1.82) is 0 Å². The van der Waals surface area contributed by atoms with Gasteiger partial charge in [-0.25, -0.2) is 0 Å². The van der Waals surface area contributed by atoms with E-state index in [1.807, 2.05) is 26.0 Å². The first kappa shape index (κ1) is 20.5. The van der Waals surface area contributed by atoms with Crippen LogP contribution in [0.15, 0.2) is 39.3 Å². The predicted molar refractivity (Wildman–Crippen MR) is 104 cm³/mol. The fourth-order valence-corrected chi connectivity index (χ4v) is 4.11. The molecule has 0 aliphatic carbocycles.